The third kappa shape index (κ3) is 3.76. The van der Waals surface area contributed by atoms with Gasteiger partial charge in [0.2, 0.25) is 5.76 Å². The summed E-state index contributed by atoms with van der Waals surface area (Å²) in [5, 5.41) is 18.3. The maximum atomic E-state index is 11.1. The molecule has 0 fully saturated rings. The Morgan fingerprint density at radius 3 is 2.50 bits per heavy atom. The van der Waals surface area contributed by atoms with E-state index in [0.29, 0.717) is 0 Å². The Hall–Kier alpha value is -2.05. The summed E-state index contributed by atoms with van der Waals surface area (Å²) in [7, 11) is 0. The summed E-state index contributed by atoms with van der Waals surface area (Å²) in [6.07, 6.45) is -0.832. The molecular weight excluding hydrogens is 244 g/mol. The predicted octanol–water partition coefficient (Wildman–Crippen LogP) is 0.542. The quantitative estimate of drug-likeness (QED) is 0.669. The minimum atomic E-state index is -1.000. The first-order chi connectivity index (χ1) is 8.41. The van der Waals surface area contributed by atoms with Gasteiger partial charge in [0.1, 0.15) is 5.78 Å². The fraction of sp³-hybridized carbons (Fsp3) is 0.545. The van der Waals surface area contributed by atoms with E-state index in [-0.39, 0.29) is 31.7 Å². The largest absolute Gasteiger partial charge is 0.505 e. The Kier molecular flexibility index (Phi) is 4.70. The van der Waals surface area contributed by atoms with E-state index in [4.69, 9.17) is 9.84 Å². The van der Waals surface area contributed by atoms with E-state index in [1.807, 2.05) is 0 Å². The van der Waals surface area contributed by atoms with Gasteiger partial charge in [-0.1, -0.05) is 0 Å². The molecule has 7 heteroatoms. The van der Waals surface area contributed by atoms with E-state index >= 15 is 0 Å². The smallest absolute Gasteiger partial charge is 0.377 e. The standard InChI is InChI=1S/C11H14O7/c1-6(12)2-3-8(13)17-5-4-7-9(14)10(15)11(16)18-7/h7,14-15H,2-5H2,1H3. The normalized spacial score (nSPS) is 18.7. The van der Waals surface area contributed by atoms with E-state index < -0.39 is 29.6 Å². The summed E-state index contributed by atoms with van der Waals surface area (Å²) in [5.74, 6) is -3.02. The molecule has 1 atom stereocenters. The van der Waals surface area contributed by atoms with Crippen molar-refractivity contribution in [2.24, 2.45) is 0 Å². The highest BCUT2D eigenvalue weighted by Gasteiger charge is 2.34. The number of carbonyl (C=O) groups excluding carboxylic acids is 3. The number of esters is 2. The average molecular weight is 258 g/mol. The number of ketones is 1. The van der Waals surface area contributed by atoms with Gasteiger partial charge in [-0.05, 0) is 6.92 Å². The van der Waals surface area contributed by atoms with Gasteiger partial charge in [-0.15, -0.1) is 0 Å². The molecule has 0 amide bonds. The summed E-state index contributed by atoms with van der Waals surface area (Å²) < 4.78 is 9.38. The van der Waals surface area contributed by atoms with Gasteiger partial charge < -0.3 is 24.5 Å². The van der Waals surface area contributed by atoms with Crippen LogP contribution in [0.3, 0.4) is 0 Å². The second-order valence-corrected chi connectivity index (χ2v) is 3.84. The van der Waals surface area contributed by atoms with Crippen LogP contribution in [0.5, 0.6) is 0 Å². The number of Topliss-reactive ketones (excluding diaryl/α,β-unsaturated/α-hetero) is 1. The van der Waals surface area contributed by atoms with Crippen molar-refractivity contribution in [2.75, 3.05) is 6.61 Å². The van der Waals surface area contributed by atoms with Crippen molar-refractivity contribution >= 4 is 17.7 Å². The number of aliphatic hydroxyl groups excluding tert-OH is 2. The van der Waals surface area contributed by atoms with Gasteiger partial charge in [-0.2, -0.15) is 0 Å². The molecule has 0 aromatic rings. The van der Waals surface area contributed by atoms with Crippen LogP contribution in [0.2, 0.25) is 0 Å². The highest BCUT2D eigenvalue weighted by molar-refractivity contribution is 5.89. The van der Waals surface area contributed by atoms with Gasteiger partial charge in [0.25, 0.3) is 0 Å². The topological polar surface area (TPSA) is 110 Å². The summed E-state index contributed by atoms with van der Waals surface area (Å²) in [6.45, 7) is 1.29. The minimum absolute atomic E-state index is 0.00708. The molecule has 1 unspecified atom stereocenters. The van der Waals surface area contributed by atoms with Crippen molar-refractivity contribution in [3.63, 3.8) is 0 Å². The molecule has 0 aromatic heterocycles. The summed E-state index contributed by atoms with van der Waals surface area (Å²) in [6, 6.07) is 0. The number of rotatable bonds is 6. The lowest BCUT2D eigenvalue weighted by atomic mass is 10.2. The van der Waals surface area contributed by atoms with Gasteiger partial charge >= 0.3 is 11.9 Å². The van der Waals surface area contributed by atoms with Crippen molar-refractivity contribution in [3.8, 4) is 0 Å². The Balaban J connectivity index is 2.25. The van der Waals surface area contributed by atoms with Crippen molar-refractivity contribution in [3.05, 3.63) is 11.5 Å². The van der Waals surface area contributed by atoms with Crippen LogP contribution in [0, 0.1) is 0 Å². The van der Waals surface area contributed by atoms with Crippen LogP contribution in [-0.2, 0) is 23.9 Å². The van der Waals surface area contributed by atoms with E-state index in [1.165, 1.54) is 6.92 Å². The fourth-order valence-electron chi connectivity index (χ4n) is 1.32. The minimum Gasteiger partial charge on any atom is -0.505 e. The van der Waals surface area contributed by atoms with Crippen LogP contribution in [0.4, 0.5) is 0 Å². The van der Waals surface area contributed by atoms with E-state index in [9.17, 15) is 19.5 Å². The van der Waals surface area contributed by atoms with Crippen LogP contribution >= 0.6 is 0 Å². The van der Waals surface area contributed by atoms with Gasteiger partial charge in [-0.25, -0.2) is 4.79 Å². The molecule has 18 heavy (non-hydrogen) atoms. The van der Waals surface area contributed by atoms with Crippen LogP contribution in [0.25, 0.3) is 0 Å². The Bertz CT molecular complexity index is 396. The summed E-state index contributed by atoms with van der Waals surface area (Å²) in [5.41, 5.74) is 0. The second kappa shape index (κ2) is 6.04. The van der Waals surface area contributed by atoms with Crippen molar-refractivity contribution in [1.82, 2.24) is 0 Å². The van der Waals surface area contributed by atoms with Crippen molar-refractivity contribution in [1.29, 1.82) is 0 Å². The number of hydrogen-bond donors (Lipinski definition) is 2. The molecule has 2 N–H and O–H groups in total. The first-order valence-electron chi connectivity index (χ1n) is 5.40. The van der Waals surface area contributed by atoms with E-state index in [0.717, 1.165) is 0 Å². The maximum absolute atomic E-state index is 11.1. The molecule has 1 aliphatic heterocycles. The molecule has 0 saturated heterocycles. The van der Waals surface area contributed by atoms with E-state index in [1.54, 1.807) is 0 Å². The third-order valence-corrected chi connectivity index (χ3v) is 2.31. The molecule has 0 spiro atoms. The van der Waals surface area contributed by atoms with Crippen LogP contribution in [-0.4, -0.2) is 40.6 Å². The SMILES string of the molecule is CC(=O)CCC(=O)OCCC1OC(=O)C(O)=C1O. The lowest BCUT2D eigenvalue weighted by Gasteiger charge is -2.09. The molecule has 1 aliphatic rings. The molecule has 0 bridgehead atoms. The zero-order chi connectivity index (χ0) is 13.7. The molecule has 0 radical (unpaired) electrons. The monoisotopic (exact) mass is 258 g/mol. The molecular formula is C11H14O7. The van der Waals surface area contributed by atoms with Crippen LogP contribution in [0.1, 0.15) is 26.2 Å². The Labute approximate surface area is 103 Å². The lowest BCUT2D eigenvalue weighted by molar-refractivity contribution is -0.147. The van der Waals surface area contributed by atoms with Gasteiger partial charge in [0.15, 0.2) is 11.9 Å². The maximum Gasteiger partial charge on any atom is 0.377 e. The number of ether oxygens (including phenoxy) is 2. The van der Waals surface area contributed by atoms with Crippen molar-refractivity contribution < 1.29 is 34.1 Å². The molecule has 7 nitrogen and oxygen atoms in total. The first-order valence-corrected chi connectivity index (χ1v) is 5.40. The third-order valence-electron chi connectivity index (χ3n) is 2.31. The Morgan fingerprint density at radius 2 is 2.00 bits per heavy atom. The van der Waals surface area contributed by atoms with E-state index in [2.05, 4.69) is 4.74 Å². The fourth-order valence-corrected chi connectivity index (χ4v) is 1.32. The average Bonchev–Trinajstić information content (AvgIpc) is 2.54. The van der Waals surface area contributed by atoms with Crippen LogP contribution < -0.4 is 0 Å². The zero-order valence-electron chi connectivity index (χ0n) is 9.84. The molecule has 0 aromatic carbocycles. The van der Waals surface area contributed by atoms with Gasteiger partial charge in [0, 0.05) is 12.8 Å². The number of aliphatic hydroxyl groups is 2. The predicted molar refractivity (Wildman–Crippen MR) is 57.7 cm³/mol. The number of cyclic esters (lactones) is 1. The zero-order valence-corrected chi connectivity index (χ0v) is 9.84. The molecule has 1 heterocycles. The highest BCUT2D eigenvalue weighted by Crippen LogP contribution is 2.20. The second-order valence-electron chi connectivity index (χ2n) is 3.84. The molecule has 0 aliphatic carbocycles. The van der Waals surface area contributed by atoms with Crippen molar-refractivity contribution in [2.45, 2.75) is 32.3 Å². The lowest BCUT2D eigenvalue weighted by Crippen LogP contribution is -2.16. The van der Waals surface area contributed by atoms with Gasteiger partial charge in [0.05, 0.1) is 13.0 Å². The highest BCUT2D eigenvalue weighted by atomic mass is 16.6. The summed E-state index contributed by atoms with van der Waals surface area (Å²) in [4.78, 5) is 32.6. The first kappa shape index (κ1) is 14.0. The molecule has 0 saturated carbocycles. The van der Waals surface area contributed by atoms with Crippen LogP contribution in [0.15, 0.2) is 11.5 Å². The number of hydrogen-bond acceptors (Lipinski definition) is 7. The summed E-state index contributed by atoms with van der Waals surface area (Å²) >= 11 is 0. The number of carbonyl (C=O) groups is 3. The van der Waals surface area contributed by atoms with Gasteiger partial charge in [-0.3, -0.25) is 4.79 Å². The molecule has 1 rings (SSSR count). The Morgan fingerprint density at radius 1 is 1.33 bits per heavy atom. The molecule has 100 valence electrons.